The molecule has 0 aliphatic rings. The molecule has 0 bridgehead atoms. The zero-order valence-electron chi connectivity index (χ0n) is 24.3. The summed E-state index contributed by atoms with van der Waals surface area (Å²) in [6, 6.07) is 6.92. The fraction of sp³-hybridized carbons (Fsp3) is 0.536. The number of carbonyl (C=O) groups is 3. The molecule has 2 heterocycles. The van der Waals surface area contributed by atoms with Crippen LogP contribution in [0.4, 0.5) is 10.6 Å². The third-order valence-corrected chi connectivity index (χ3v) is 6.83. The molecule has 13 heteroatoms. The van der Waals surface area contributed by atoms with Crippen molar-refractivity contribution in [1.29, 1.82) is 0 Å². The van der Waals surface area contributed by atoms with Crippen LogP contribution in [-0.4, -0.2) is 75.4 Å². The third kappa shape index (κ3) is 9.49. The molecule has 1 aromatic carbocycles. The number of fused-ring (bicyclic) bond motifs is 3. The Balaban J connectivity index is 1.68. The van der Waals surface area contributed by atoms with Crippen LogP contribution < -0.4 is 16.4 Å². The second-order valence-electron chi connectivity index (χ2n) is 10.3. The molecule has 0 saturated heterocycles. The Hall–Kier alpha value is -3.58. The van der Waals surface area contributed by atoms with E-state index in [9.17, 15) is 14.4 Å². The van der Waals surface area contributed by atoms with Gasteiger partial charge >= 0.3 is 12.1 Å². The van der Waals surface area contributed by atoms with E-state index in [0.717, 1.165) is 22.2 Å². The SMILES string of the molecule is CCOCc1nc2c(N)nc3ccccc3c2n1CCCNC(=O)[C@H](CSCCOC(C)=O)NC(=O)OC(C)(C)C. The number of nitrogen functional groups attached to an aromatic ring is 1. The zero-order valence-corrected chi connectivity index (χ0v) is 25.1. The van der Waals surface area contributed by atoms with Crippen LogP contribution in [0.2, 0.25) is 0 Å². The molecule has 2 aromatic heterocycles. The number of thioether (sulfide) groups is 1. The number of carbonyl (C=O) groups excluding carboxylic acids is 3. The van der Waals surface area contributed by atoms with Crippen LogP contribution in [0.1, 0.15) is 46.9 Å². The quantitative estimate of drug-likeness (QED) is 0.188. The number of aromatic nitrogens is 3. The number of nitrogens with one attached hydrogen (secondary N) is 2. The van der Waals surface area contributed by atoms with Crippen LogP contribution in [0, 0.1) is 0 Å². The molecule has 224 valence electrons. The number of nitrogens with zero attached hydrogens (tertiary/aromatic N) is 3. The van der Waals surface area contributed by atoms with E-state index < -0.39 is 17.7 Å². The highest BCUT2D eigenvalue weighted by Crippen LogP contribution is 2.29. The van der Waals surface area contributed by atoms with Crippen molar-refractivity contribution in [3.05, 3.63) is 30.1 Å². The number of nitrogens with two attached hydrogens (primary N) is 1. The highest BCUT2D eigenvalue weighted by molar-refractivity contribution is 7.99. The van der Waals surface area contributed by atoms with E-state index in [1.54, 1.807) is 20.8 Å². The Morgan fingerprint density at radius 2 is 1.93 bits per heavy atom. The van der Waals surface area contributed by atoms with E-state index in [1.165, 1.54) is 18.7 Å². The maximum absolute atomic E-state index is 13.1. The molecule has 0 spiro atoms. The molecule has 12 nitrogen and oxygen atoms in total. The number of esters is 1. The molecule has 2 amide bonds. The lowest BCUT2D eigenvalue weighted by Gasteiger charge is -2.23. The first-order chi connectivity index (χ1) is 19.5. The van der Waals surface area contributed by atoms with Gasteiger partial charge in [-0.05, 0) is 40.2 Å². The highest BCUT2D eigenvalue weighted by Gasteiger charge is 2.24. The third-order valence-electron chi connectivity index (χ3n) is 5.81. The second kappa shape index (κ2) is 14.9. The normalized spacial score (nSPS) is 12.3. The average Bonchev–Trinajstić information content (AvgIpc) is 3.27. The lowest BCUT2D eigenvalue weighted by atomic mass is 10.2. The number of hydrogen-bond donors (Lipinski definition) is 3. The summed E-state index contributed by atoms with van der Waals surface area (Å²) in [4.78, 5) is 45.7. The molecule has 0 saturated carbocycles. The van der Waals surface area contributed by atoms with Crippen LogP contribution >= 0.6 is 11.8 Å². The van der Waals surface area contributed by atoms with E-state index in [-0.39, 0.29) is 24.2 Å². The number of benzene rings is 1. The van der Waals surface area contributed by atoms with Crippen molar-refractivity contribution in [2.75, 3.05) is 37.0 Å². The Bertz CT molecular complexity index is 1360. The van der Waals surface area contributed by atoms with Crippen molar-refractivity contribution >= 4 is 57.5 Å². The number of alkyl carbamates (subject to hydrolysis) is 1. The monoisotopic (exact) mass is 588 g/mol. The first-order valence-corrected chi connectivity index (χ1v) is 14.7. The van der Waals surface area contributed by atoms with Crippen molar-refractivity contribution in [3.8, 4) is 0 Å². The molecule has 0 fully saturated rings. The van der Waals surface area contributed by atoms with Crippen LogP contribution in [0.5, 0.6) is 0 Å². The van der Waals surface area contributed by atoms with Crippen LogP contribution in [-0.2, 0) is 37.0 Å². The Kier molecular flexibility index (Phi) is 11.6. The number of ether oxygens (including phenoxy) is 3. The molecule has 4 N–H and O–H groups in total. The van der Waals surface area contributed by atoms with Crippen molar-refractivity contribution in [2.45, 2.75) is 65.8 Å². The summed E-state index contributed by atoms with van der Waals surface area (Å²) in [7, 11) is 0. The fourth-order valence-corrected chi connectivity index (χ4v) is 4.94. The van der Waals surface area contributed by atoms with Gasteiger partial charge in [-0.2, -0.15) is 11.8 Å². The molecule has 3 aromatic rings. The first-order valence-electron chi connectivity index (χ1n) is 13.6. The van der Waals surface area contributed by atoms with Crippen molar-refractivity contribution in [1.82, 2.24) is 25.2 Å². The van der Waals surface area contributed by atoms with Gasteiger partial charge in [0.1, 0.15) is 36.2 Å². The highest BCUT2D eigenvalue weighted by atomic mass is 32.2. The number of rotatable bonds is 14. The second-order valence-corrected chi connectivity index (χ2v) is 11.4. The van der Waals surface area contributed by atoms with Gasteiger partial charge < -0.3 is 35.1 Å². The minimum atomic E-state index is -0.829. The predicted molar refractivity (Wildman–Crippen MR) is 160 cm³/mol. The molecular weight excluding hydrogens is 548 g/mol. The molecule has 0 aliphatic heterocycles. The maximum Gasteiger partial charge on any atom is 0.408 e. The number of para-hydroxylation sites is 1. The van der Waals surface area contributed by atoms with Crippen molar-refractivity contribution in [2.24, 2.45) is 0 Å². The van der Waals surface area contributed by atoms with E-state index in [4.69, 9.17) is 24.9 Å². The van der Waals surface area contributed by atoms with Crippen molar-refractivity contribution in [3.63, 3.8) is 0 Å². The lowest BCUT2D eigenvalue weighted by Crippen LogP contribution is -2.49. The molecule has 1 atom stereocenters. The van der Waals surface area contributed by atoms with E-state index in [0.29, 0.717) is 49.8 Å². The number of imidazole rings is 1. The minimum absolute atomic E-state index is 0.221. The van der Waals surface area contributed by atoms with E-state index in [1.807, 2.05) is 31.2 Å². The molecule has 0 radical (unpaired) electrons. The summed E-state index contributed by atoms with van der Waals surface area (Å²) in [5.41, 5.74) is 7.82. The molecule has 0 aliphatic carbocycles. The topological polar surface area (TPSA) is 160 Å². The number of anilines is 1. The average molecular weight is 589 g/mol. The molecule has 41 heavy (non-hydrogen) atoms. The summed E-state index contributed by atoms with van der Waals surface area (Å²) in [5.74, 6) is 1.16. The largest absolute Gasteiger partial charge is 0.465 e. The number of hydrogen-bond acceptors (Lipinski definition) is 10. The smallest absolute Gasteiger partial charge is 0.408 e. The Morgan fingerprint density at radius 3 is 2.63 bits per heavy atom. The molecule has 3 rings (SSSR count). The number of amides is 2. The van der Waals surface area contributed by atoms with Crippen LogP contribution in [0.25, 0.3) is 21.9 Å². The predicted octanol–water partition coefficient (Wildman–Crippen LogP) is 3.40. The number of pyridine rings is 1. The maximum atomic E-state index is 13.1. The summed E-state index contributed by atoms with van der Waals surface area (Å²) >= 11 is 1.39. The van der Waals surface area contributed by atoms with E-state index >= 15 is 0 Å². The van der Waals surface area contributed by atoms with Gasteiger partial charge in [-0.25, -0.2) is 14.8 Å². The van der Waals surface area contributed by atoms with Crippen LogP contribution in [0.3, 0.4) is 0 Å². The Labute approximate surface area is 244 Å². The van der Waals surface area contributed by atoms with Gasteiger partial charge in [0.05, 0.1) is 11.0 Å². The van der Waals surface area contributed by atoms with Gasteiger partial charge in [0.15, 0.2) is 5.82 Å². The summed E-state index contributed by atoms with van der Waals surface area (Å²) in [5, 5.41) is 6.51. The summed E-state index contributed by atoms with van der Waals surface area (Å²) in [6.07, 6.45) is -0.0900. The standard InChI is InChI=1S/C28H40N6O6S/c1-6-38-16-22-33-23-24(19-10-7-8-11-20(19)31-25(23)29)34(22)13-9-12-30-26(36)21(17-41-15-14-39-18(2)35)32-27(37)40-28(3,4)5/h7-8,10-11,21H,6,9,12-17H2,1-5H3,(H2,29,31)(H,30,36)(H,32,37)/t21-/m0/s1. The van der Waals surface area contributed by atoms with Gasteiger partial charge in [-0.15, -0.1) is 0 Å². The number of aryl methyl sites for hydroxylation is 1. The van der Waals surface area contributed by atoms with Gasteiger partial charge in [0.25, 0.3) is 0 Å². The van der Waals surface area contributed by atoms with Gasteiger partial charge in [-0.1, -0.05) is 18.2 Å². The summed E-state index contributed by atoms with van der Waals surface area (Å²) < 4.78 is 18.0. The molecule has 0 unspecified atom stereocenters. The summed E-state index contributed by atoms with van der Waals surface area (Å²) in [6.45, 7) is 10.5. The zero-order chi connectivity index (χ0) is 30.0. The van der Waals surface area contributed by atoms with Crippen molar-refractivity contribution < 1.29 is 28.6 Å². The fourth-order valence-electron chi connectivity index (χ4n) is 4.10. The van der Waals surface area contributed by atoms with Gasteiger partial charge in [0, 0.05) is 43.5 Å². The van der Waals surface area contributed by atoms with E-state index in [2.05, 4.69) is 20.2 Å². The lowest BCUT2D eigenvalue weighted by molar-refractivity contribution is -0.140. The first kappa shape index (κ1) is 31.9. The van der Waals surface area contributed by atoms with Crippen LogP contribution in [0.15, 0.2) is 24.3 Å². The molecular formula is C28H40N6O6S. The minimum Gasteiger partial charge on any atom is -0.465 e. The van der Waals surface area contributed by atoms with Gasteiger partial charge in [-0.3, -0.25) is 9.59 Å². The van der Waals surface area contributed by atoms with Gasteiger partial charge in [0.2, 0.25) is 5.91 Å². The Morgan fingerprint density at radius 1 is 1.17 bits per heavy atom.